The number of fused-ring (bicyclic) bond motifs is 1. The van der Waals surface area contributed by atoms with Gasteiger partial charge in [-0.25, -0.2) is 8.78 Å². The highest BCUT2D eigenvalue weighted by Crippen LogP contribution is 2.31. The quantitative estimate of drug-likeness (QED) is 0.362. The highest BCUT2D eigenvalue weighted by atomic mass is 19.1. The van der Waals surface area contributed by atoms with Crippen molar-refractivity contribution in [3.63, 3.8) is 0 Å². The Labute approximate surface area is 214 Å². The molecule has 1 aromatic heterocycles. The van der Waals surface area contributed by atoms with Crippen molar-refractivity contribution < 1.29 is 13.6 Å². The second-order valence-electron chi connectivity index (χ2n) is 10.2. The molecular formula is C30H29F2N3O2. The zero-order chi connectivity index (χ0) is 26.2. The summed E-state index contributed by atoms with van der Waals surface area (Å²) in [5.74, 6) is -1.66. The molecule has 0 bridgehead atoms. The Morgan fingerprint density at radius 2 is 1.68 bits per heavy atom. The molecule has 7 heteroatoms. The lowest BCUT2D eigenvalue weighted by Crippen LogP contribution is -2.45. The standard InChI is InChI=1S/C30H29F2N3O2/c1-30(2,29(37)33-22-11-4-3-5-12-22)20-10-8-9-19(17-20)27-23-13-6-7-14-24(23)28(36)35(34-27)26-16-15-21(31)18-25(26)32/h6-10,13-18,22H,3-5,11-12H2,1-2H3,(H,33,37). The molecule has 3 aromatic carbocycles. The van der Waals surface area contributed by atoms with Crippen molar-refractivity contribution in [3.8, 4) is 16.9 Å². The lowest BCUT2D eigenvalue weighted by molar-refractivity contribution is -0.126. The topological polar surface area (TPSA) is 64.0 Å². The first-order chi connectivity index (χ1) is 17.8. The van der Waals surface area contributed by atoms with Crippen molar-refractivity contribution in [2.45, 2.75) is 57.4 Å². The smallest absolute Gasteiger partial charge is 0.279 e. The maximum Gasteiger partial charge on any atom is 0.279 e. The molecular weight excluding hydrogens is 472 g/mol. The Hall–Kier alpha value is -3.87. The van der Waals surface area contributed by atoms with Crippen LogP contribution in [0.5, 0.6) is 0 Å². The number of nitrogens with one attached hydrogen (secondary N) is 1. The van der Waals surface area contributed by atoms with Gasteiger partial charge in [0.25, 0.3) is 5.56 Å². The third-order valence-corrected chi connectivity index (χ3v) is 7.31. The summed E-state index contributed by atoms with van der Waals surface area (Å²) in [7, 11) is 0. The molecule has 1 aliphatic rings. The minimum atomic E-state index is -0.884. The SMILES string of the molecule is CC(C)(C(=O)NC1CCCCC1)c1cccc(-c2nn(-c3ccc(F)cc3F)c(=O)c3ccccc23)c1. The Morgan fingerprint density at radius 3 is 2.41 bits per heavy atom. The molecule has 1 fully saturated rings. The van der Waals surface area contributed by atoms with Gasteiger partial charge in [0.1, 0.15) is 11.5 Å². The number of hydrogen-bond donors (Lipinski definition) is 1. The van der Waals surface area contributed by atoms with Crippen LogP contribution in [0.3, 0.4) is 0 Å². The van der Waals surface area contributed by atoms with Crippen LogP contribution in [-0.4, -0.2) is 21.7 Å². The summed E-state index contributed by atoms with van der Waals surface area (Å²) in [5, 5.41) is 8.72. The first-order valence-corrected chi connectivity index (χ1v) is 12.6. The van der Waals surface area contributed by atoms with Crippen molar-refractivity contribution in [1.82, 2.24) is 15.1 Å². The molecule has 1 saturated carbocycles. The number of amides is 1. The molecule has 5 rings (SSSR count). The molecule has 0 atom stereocenters. The lowest BCUT2D eigenvalue weighted by atomic mass is 9.82. The number of nitrogens with zero attached hydrogens (tertiary/aromatic N) is 2. The minimum absolute atomic E-state index is 0.0345. The van der Waals surface area contributed by atoms with Crippen LogP contribution in [0.1, 0.15) is 51.5 Å². The lowest BCUT2D eigenvalue weighted by Gasteiger charge is -2.30. The van der Waals surface area contributed by atoms with Crippen LogP contribution in [0.15, 0.2) is 71.5 Å². The molecule has 1 amide bonds. The van der Waals surface area contributed by atoms with Crippen LogP contribution in [0.4, 0.5) is 8.78 Å². The fraction of sp³-hybridized carbons (Fsp3) is 0.300. The van der Waals surface area contributed by atoms with Crippen molar-refractivity contribution in [2.75, 3.05) is 0 Å². The number of aromatic nitrogens is 2. The predicted octanol–water partition coefficient (Wildman–Crippen LogP) is 6.06. The Bertz CT molecular complexity index is 1540. The van der Waals surface area contributed by atoms with E-state index in [9.17, 15) is 18.4 Å². The largest absolute Gasteiger partial charge is 0.353 e. The maximum absolute atomic E-state index is 14.7. The first-order valence-electron chi connectivity index (χ1n) is 12.6. The van der Waals surface area contributed by atoms with Gasteiger partial charge in [-0.15, -0.1) is 0 Å². The van der Waals surface area contributed by atoms with Crippen LogP contribution in [0, 0.1) is 11.6 Å². The Balaban J connectivity index is 1.60. The summed E-state index contributed by atoms with van der Waals surface area (Å²) < 4.78 is 29.2. The summed E-state index contributed by atoms with van der Waals surface area (Å²) >= 11 is 0. The van der Waals surface area contributed by atoms with E-state index in [4.69, 9.17) is 0 Å². The van der Waals surface area contributed by atoms with E-state index in [1.54, 1.807) is 24.3 Å². The third-order valence-electron chi connectivity index (χ3n) is 7.31. The van der Waals surface area contributed by atoms with Gasteiger partial charge in [-0.3, -0.25) is 9.59 Å². The average molecular weight is 502 g/mol. The summed E-state index contributed by atoms with van der Waals surface area (Å²) in [6.45, 7) is 3.79. The molecule has 0 spiro atoms. The van der Waals surface area contributed by atoms with Crippen LogP contribution in [0.2, 0.25) is 0 Å². The van der Waals surface area contributed by atoms with Crippen LogP contribution >= 0.6 is 0 Å². The Kier molecular flexibility index (Phi) is 6.63. The molecule has 4 aromatic rings. The van der Waals surface area contributed by atoms with Gasteiger partial charge in [0.05, 0.1) is 16.5 Å². The molecule has 1 heterocycles. The van der Waals surface area contributed by atoms with Crippen LogP contribution in [-0.2, 0) is 10.2 Å². The molecule has 0 aliphatic heterocycles. The van der Waals surface area contributed by atoms with Gasteiger partial charge in [-0.2, -0.15) is 9.78 Å². The molecule has 0 radical (unpaired) electrons. The van der Waals surface area contributed by atoms with Crippen molar-refractivity contribution in [1.29, 1.82) is 0 Å². The van der Waals surface area contributed by atoms with Crippen LogP contribution in [0.25, 0.3) is 27.7 Å². The summed E-state index contributed by atoms with van der Waals surface area (Å²) in [6.07, 6.45) is 5.47. The van der Waals surface area contributed by atoms with E-state index >= 15 is 0 Å². The zero-order valence-corrected chi connectivity index (χ0v) is 20.9. The average Bonchev–Trinajstić information content (AvgIpc) is 2.90. The van der Waals surface area contributed by atoms with Gasteiger partial charge in [-0.1, -0.05) is 55.7 Å². The van der Waals surface area contributed by atoms with E-state index in [1.807, 2.05) is 38.1 Å². The predicted molar refractivity (Wildman–Crippen MR) is 141 cm³/mol. The highest BCUT2D eigenvalue weighted by Gasteiger charge is 2.32. The zero-order valence-electron chi connectivity index (χ0n) is 20.9. The van der Waals surface area contributed by atoms with Gasteiger partial charge in [0.15, 0.2) is 5.82 Å². The molecule has 5 nitrogen and oxygen atoms in total. The van der Waals surface area contributed by atoms with E-state index in [2.05, 4.69) is 10.4 Å². The van der Waals surface area contributed by atoms with E-state index in [1.165, 1.54) is 12.5 Å². The fourth-order valence-electron chi connectivity index (χ4n) is 5.02. The van der Waals surface area contributed by atoms with Crippen molar-refractivity contribution in [3.05, 3.63) is 94.3 Å². The third kappa shape index (κ3) is 4.78. The summed E-state index contributed by atoms with van der Waals surface area (Å²) in [4.78, 5) is 26.5. The molecule has 1 N–H and O–H groups in total. The fourth-order valence-corrected chi connectivity index (χ4v) is 5.02. The van der Waals surface area contributed by atoms with E-state index < -0.39 is 22.6 Å². The molecule has 0 saturated heterocycles. The second-order valence-corrected chi connectivity index (χ2v) is 10.2. The number of carbonyl (C=O) groups excluding carboxylic acids is 1. The maximum atomic E-state index is 14.7. The van der Waals surface area contributed by atoms with E-state index in [-0.39, 0.29) is 17.6 Å². The van der Waals surface area contributed by atoms with Crippen LogP contribution < -0.4 is 10.9 Å². The first kappa shape index (κ1) is 24.8. The second kappa shape index (κ2) is 9.88. The van der Waals surface area contributed by atoms with Gasteiger partial charge < -0.3 is 5.32 Å². The molecule has 37 heavy (non-hydrogen) atoms. The summed E-state index contributed by atoms with van der Waals surface area (Å²) in [5.41, 5.74) is 0.499. The summed E-state index contributed by atoms with van der Waals surface area (Å²) in [6, 6.07) is 17.7. The molecule has 190 valence electrons. The van der Waals surface area contributed by atoms with Gasteiger partial charge in [0.2, 0.25) is 5.91 Å². The number of rotatable bonds is 5. The number of carbonyl (C=O) groups is 1. The van der Waals surface area contributed by atoms with Crippen molar-refractivity contribution >= 4 is 16.7 Å². The van der Waals surface area contributed by atoms with Gasteiger partial charge in [0, 0.05) is 23.1 Å². The van der Waals surface area contributed by atoms with E-state index in [0.717, 1.165) is 48.1 Å². The van der Waals surface area contributed by atoms with E-state index in [0.29, 0.717) is 22.0 Å². The highest BCUT2D eigenvalue weighted by molar-refractivity contribution is 5.94. The van der Waals surface area contributed by atoms with Crippen molar-refractivity contribution in [2.24, 2.45) is 0 Å². The van der Waals surface area contributed by atoms with Gasteiger partial charge in [-0.05, 0) is 56.5 Å². The van der Waals surface area contributed by atoms with Gasteiger partial charge >= 0.3 is 0 Å². The number of benzene rings is 3. The monoisotopic (exact) mass is 501 g/mol. The Morgan fingerprint density at radius 1 is 0.946 bits per heavy atom. The number of halogens is 2. The normalized spacial score (nSPS) is 14.6. The number of hydrogen-bond acceptors (Lipinski definition) is 3. The molecule has 0 unspecified atom stereocenters. The minimum Gasteiger partial charge on any atom is -0.353 e. The molecule has 1 aliphatic carbocycles.